The SMILES string of the molecule is CCn1cc(CC(=O)N2CCCc3sccc3C2)nn1. The fourth-order valence-electron chi connectivity index (χ4n) is 2.50. The Balaban J connectivity index is 1.68. The molecule has 106 valence electrons. The van der Waals surface area contributed by atoms with Crippen molar-refractivity contribution in [1.82, 2.24) is 19.9 Å². The fourth-order valence-corrected chi connectivity index (χ4v) is 3.44. The average molecular weight is 290 g/mol. The lowest BCUT2D eigenvalue weighted by atomic mass is 10.2. The normalized spacial score (nSPS) is 14.9. The number of nitrogens with zero attached hydrogens (tertiary/aromatic N) is 4. The third kappa shape index (κ3) is 2.75. The highest BCUT2D eigenvalue weighted by Gasteiger charge is 2.20. The van der Waals surface area contributed by atoms with Gasteiger partial charge in [-0.2, -0.15) is 0 Å². The number of amides is 1. The van der Waals surface area contributed by atoms with E-state index in [-0.39, 0.29) is 5.91 Å². The van der Waals surface area contributed by atoms with Crippen molar-refractivity contribution in [3.05, 3.63) is 33.8 Å². The summed E-state index contributed by atoms with van der Waals surface area (Å²) in [6.07, 6.45) is 4.33. The smallest absolute Gasteiger partial charge is 0.229 e. The molecular formula is C14H18N4OS. The van der Waals surface area contributed by atoms with Crippen LogP contribution in [0, 0.1) is 0 Å². The van der Waals surface area contributed by atoms with Gasteiger partial charge in [-0.25, -0.2) is 0 Å². The molecule has 20 heavy (non-hydrogen) atoms. The van der Waals surface area contributed by atoms with Gasteiger partial charge in [-0.15, -0.1) is 16.4 Å². The molecule has 3 heterocycles. The summed E-state index contributed by atoms with van der Waals surface area (Å²) in [6.45, 7) is 4.36. The van der Waals surface area contributed by atoms with E-state index in [4.69, 9.17) is 0 Å². The second kappa shape index (κ2) is 5.75. The Hall–Kier alpha value is -1.69. The molecule has 0 radical (unpaired) electrons. The molecule has 0 N–H and O–H groups in total. The minimum absolute atomic E-state index is 0.146. The average Bonchev–Trinajstić information content (AvgIpc) is 3.03. The lowest BCUT2D eigenvalue weighted by Crippen LogP contribution is -2.32. The molecule has 6 heteroatoms. The van der Waals surface area contributed by atoms with E-state index in [0.29, 0.717) is 6.42 Å². The Morgan fingerprint density at radius 3 is 3.20 bits per heavy atom. The Morgan fingerprint density at radius 1 is 1.50 bits per heavy atom. The van der Waals surface area contributed by atoms with Crippen molar-refractivity contribution in [1.29, 1.82) is 0 Å². The van der Waals surface area contributed by atoms with Crippen LogP contribution in [0.25, 0.3) is 0 Å². The summed E-state index contributed by atoms with van der Waals surface area (Å²) >= 11 is 1.80. The predicted molar refractivity (Wildman–Crippen MR) is 77.5 cm³/mol. The van der Waals surface area contributed by atoms with Gasteiger partial charge >= 0.3 is 0 Å². The van der Waals surface area contributed by atoms with Crippen LogP contribution >= 0.6 is 11.3 Å². The summed E-state index contributed by atoms with van der Waals surface area (Å²) in [4.78, 5) is 15.8. The van der Waals surface area contributed by atoms with Gasteiger partial charge < -0.3 is 4.90 Å². The second-order valence-electron chi connectivity index (χ2n) is 5.03. The molecule has 0 unspecified atom stereocenters. The number of aromatic nitrogens is 3. The van der Waals surface area contributed by atoms with Gasteiger partial charge in [-0.1, -0.05) is 5.21 Å². The van der Waals surface area contributed by atoms with E-state index in [1.807, 2.05) is 18.0 Å². The number of carbonyl (C=O) groups excluding carboxylic acids is 1. The lowest BCUT2D eigenvalue weighted by molar-refractivity contribution is -0.131. The van der Waals surface area contributed by atoms with Crippen LogP contribution < -0.4 is 0 Å². The van der Waals surface area contributed by atoms with Gasteiger partial charge in [0.1, 0.15) is 0 Å². The molecule has 3 rings (SSSR count). The summed E-state index contributed by atoms with van der Waals surface area (Å²) in [5, 5.41) is 10.1. The fraction of sp³-hybridized carbons (Fsp3) is 0.500. The van der Waals surface area contributed by atoms with E-state index in [0.717, 1.165) is 38.2 Å². The van der Waals surface area contributed by atoms with Crippen LogP contribution in [0.2, 0.25) is 0 Å². The van der Waals surface area contributed by atoms with Gasteiger partial charge in [-0.3, -0.25) is 9.48 Å². The predicted octanol–water partition coefficient (Wildman–Crippen LogP) is 1.88. The van der Waals surface area contributed by atoms with E-state index in [1.165, 1.54) is 10.4 Å². The van der Waals surface area contributed by atoms with E-state index < -0.39 is 0 Å². The van der Waals surface area contributed by atoms with E-state index in [2.05, 4.69) is 21.8 Å². The van der Waals surface area contributed by atoms with Crippen LogP contribution in [-0.2, 0) is 30.7 Å². The molecule has 0 aromatic carbocycles. The third-order valence-electron chi connectivity index (χ3n) is 3.63. The Kier molecular flexibility index (Phi) is 3.82. The van der Waals surface area contributed by atoms with E-state index in [9.17, 15) is 4.79 Å². The second-order valence-corrected chi connectivity index (χ2v) is 6.03. The van der Waals surface area contributed by atoms with E-state index >= 15 is 0 Å². The first kappa shape index (κ1) is 13.3. The van der Waals surface area contributed by atoms with Crippen molar-refractivity contribution >= 4 is 17.2 Å². The zero-order chi connectivity index (χ0) is 13.9. The molecule has 0 saturated heterocycles. The van der Waals surface area contributed by atoms with Crippen molar-refractivity contribution in [3.63, 3.8) is 0 Å². The Labute approximate surface area is 122 Å². The maximum atomic E-state index is 12.4. The number of aryl methyl sites for hydroxylation is 2. The first-order chi connectivity index (χ1) is 9.76. The Bertz CT molecular complexity index is 604. The summed E-state index contributed by atoms with van der Waals surface area (Å²) in [5.41, 5.74) is 2.06. The van der Waals surface area contributed by atoms with Crippen LogP contribution in [0.4, 0.5) is 0 Å². The summed E-state index contributed by atoms with van der Waals surface area (Å²) in [7, 11) is 0. The number of thiophene rings is 1. The molecule has 0 bridgehead atoms. The van der Waals surface area contributed by atoms with Gasteiger partial charge in [0.2, 0.25) is 5.91 Å². The summed E-state index contributed by atoms with van der Waals surface area (Å²) < 4.78 is 1.75. The maximum Gasteiger partial charge on any atom is 0.229 e. The largest absolute Gasteiger partial charge is 0.338 e. The standard InChI is InChI=1S/C14H18N4OS/c1-2-18-10-12(15-16-18)8-14(19)17-6-3-4-13-11(9-17)5-7-20-13/h5,7,10H,2-4,6,8-9H2,1H3. The van der Waals surface area contributed by atoms with Crippen molar-refractivity contribution in [3.8, 4) is 0 Å². The monoisotopic (exact) mass is 290 g/mol. The van der Waals surface area contributed by atoms with Gasteiger partial charge in [0, 0.05) is 30.7 Å². The minimum atomic E-state index is 0.146. The number of rotatable bonds is 3. The van der Waals surface area contributed by atoms with Crippen molar-refractivity contribution in [2.45, 2.75) is 39.3 Å². The van der Waals surface area contributed by atoms with Gasteiger partial charge in [-0.05, 0) is 36.8 Å². The molecule has 2 aromatic heterocycles. The molecule has 0 saturated carbocycles. The third-order valence-corrected chi connectivity index (χ3v) is 4.65. The van der Waals surface area contributed by atoms with Gasteiger partial charge in [0.15, 0.2) is 0 Å². The first-order valence-corrected chi connectivity index (χ1v) is 7.86. The quantitative estimate of drug-likeness (QED) is 0.867. The molecule has 0 aliphatic carbocycles. The van der Waals surface area contributed by atoms with Crippen LogP contribution in [0.15, 0.2) is 17.6 Å². The van der Waals surface area contributed by atoms with Gasteiger partial charge in [0.05, 0.1) is 12.1 Å². The molecule has 1 amide bonds. The highest BCUT2D eigenvalue weighted by molar-refractivity contribution is 7.10. The summed E-state index contributed by atoms with van der Waals surface area (Å²) in [5.74, 6) is 0.146. The van der Waals surface area contributed by atoms with Crippen molar-refractivity contribution in [2.75, 3.05) is 6.54 Å². The molecule has 2 aromatic rings. The summed E-state index contributed by atoms with van der Waals surface area (Å²) in [6, 6.07) is 2.14. The zero-order valence-electron chi connectivity index (χ0n) is 11.6. The molecular weight excluding hydrogens is 272 g/mol. The molecule has 0 atom stereocenters. The molecule has 1 aliphatic heterocycles. The Morgan fingerprint density at radius 2 is 2.40 bits per heavy atom. The topological polar surface area (TPSA) is 51.0 Å². The number of hydrogen-bond acceptors (Lipinski definition) is 4. The molecule has 5 nitrogen and oxygen atoms in total. The number of fused-ring (bicyclic) bond motifs is 1. The number of hydrogen-bond donors (Lipinski definition) is 0. The molecule has 0 fully saturated rings. The van der Waals surface area contributed by atoms with Crippen LogP contribution in [0.1, 0.15) is 29.5 Å². The lowest BCUT2D eigenvalue weighted by Gasteiger charge is -2.19. The maximum absolute atomic E-state index is 12.4. The van der Waals surface area contributed by atoms with E-state index in [1.54, 1.807) is 16.0 Å². The van der Waals surface area contributed by atoms with Crippen LogP contribution in [0.5, 0.6) is 0 Å². The zero-order valence-corrected chi connectivity index (χ0v) is 12.4. The highest BCUT2D eigenvalue weighted by atomic mass is 32.1. The first-order valence-electron chi connectivity index (χ1n) is 6.98. The van der Waals surface area contributed by atoms with Crippen molar-refractivity contribution in [2.24, 2.45) is 0 Å². The molecule has 1 aliphatic rings. The number of carbonyl (C=O) groups is 1. The van der Waals surface area contributed by atoms with Crippen LogP contribution in [-0.4, -0.2) is 32.3 Å². The highest BCUT2D eigenvalue weighted by Crippen LogP contribution is 2.24. The molecule has 0 spiro atoms. The van der Waals surface area contributed by atoms with Gasteiger partial charge in [0.25, 0.3) is 0 Å². The van der Waals surface area contributed by atoms with Crippen molar-refractivity contribution < 1.29 is 4.79 Å². The minimum Gasteiger partial charge on any atom is -0.338 e. The van der Waals surface area contributed by atoms with Crippen LogP contribution in [0.3, 0.4) is 0 Å².